The summed E-state index contributed by atoms with van der Waals surface area (Å²) in [5.41, 5.74) is 1.93. The average molecular weight is 442 g/mol. The van der Waals surface area contributed by atoms with Crippen LogP contribution in [0, 0.1) is 0 Å². The largest absolute Gasteiger partial charge is 0.495 e. The van der Waals surface area contributed by atoms with Crippen molar-refractivity contribution in [3.05, 3.63) is 33.4 Å². The molecule has 28 heavy (non-hydrogen) atoms. The Morgan fingerprint density at radius 1 is 1.25 bits per heavy atom. The van der Waals surface area contributed by atoms with E-state index >= 15 is 0 Å². The Hall–Kier alpha value is -2.03. The highest BCUT2D eigenvalue weighted by atomic mass is 35.5. The zero-order valence-electron chi connectivity index (χ0n) is 15.4. The van der Waals surface area contributed by atoms with E-state index in [0.29, 0.717) is 37.8 Å². The first kappa shape index (κ1) is 20.7. The topological polar surface area (TPSA) is 81.6 Å². The SMILES string of the molecule is CCOC(=O)CN1Cc2c(nc(SC)nc2-c2cc(OC)c(Cl)cc2Cl)C1=O. The van der Waals surface area contributed by atoms with Gasteiger partial charge in [0.15, 0.2) is 5.16 Å². The normalized spacial score (nSPS) is 12.9. The third kappa shape index (κ3) is 3.90. The summed E-state index contributed by atoms with van der Waals surface area (Å²) in [5, 5.41) is 1.16. The molecule has 0 atom stereocenters. The summed E-state index contributed by atoms with van der Waals surface area (Å²) in [6.07, 6.45) is 1.81. The second-order valence-electron chi connectivity index (χ2n) is 5.82. The smallest absolute Gasteiger partial charge is 0.325 e. The summed E-state index contributed by atoms with van der Waals surface area (Å²) in [6, 6.07) is 3.24. The second-order valence-corrected chi connectivity index (χ2v) is 7.41. The Labute approximate surface area is 176 Å². The van der Waals surface area contributed by atoms with E-state index in [1.165, 1.54) is 23.8 Å². The van der Waals surface area contributed by atoms with Crippen molar-refractivity contribution >= 4 is 46.8 Å². The van der Waals surface area contributed by atoms with Crippen molar-refractivity contribution in [1.82, 2.24) is 14.9 Å². The average Bonchev–Trinajstić information content (AvgIpc) is 2.97. The maximum absolute atomic E-state index is 12.8. The molecule has 0 N–H and O–H groups in total. The Bertz CT molecular complexity index is 955. The van der Waals surface area contributed by atoms with Crippen LogP contribution in [0.3, 0.4) is 0 Å². The Balaban J connectivity index is 2.09. The molecule has 1 aromatic carbocycles. The molecule has 1 aliphatic rings. The van der Waals surface area contributed by atoms with Crippen LogP contribution in [0.15, 0.2) is 17.3 Å². The molecule has 0 unspecified atom stereocenters. The Kier molecular flexibility index (Phi) is 6.32. The lowest BCUT2D eigenvalue weighted by molar-refractivity contribution is -0.143. The first-order valence-corrected chi connectivity index (χ1v) is 10.3. The maximum Gasteiger partial charge on any atom is 0.325 e. The van der Waals surface area contributed by atoms with Crippen molar-refractivity contribution < 1.29 is 19.1 Å². The van der Waals surface area contributed by atoms with Crippen LogP contribution in [0.25, 0.3) is 11.3 Å². The molecular weight excluding hydrogens is 425 g/mol. The fraction of sp³-hybridized carbons (Fsp3) is 0.333. The monoisotopic (exact) mass is 441 g/mol. The van der Waals surface area contributed by atoms with E-state index in [4.69, 9.17) is 32.7 Å². The van der Waals surface area contributed by atoms with Crippen molar-refractivity contribution in [2.75, 3.05) is 26.5 Å². The lowest BCUT2D eigenvalue weighted by Gasteiger charge is -2.14. The number of amides is 1. The fourth-order valence-electron chi connectivity index (χ4n) is 2.87. The number of methoxy groups -OCH3 is 1. The molecule has 1 aliphatic heterocycles. The standard InChI is InChI=1S/C18H17Cl2N3O4S/c1-4-27-14(24)8-23-7-10-15(21-18(28-3)22-16(10)17(23)25)9-5-13(26-2)12(20)6-11(9)19/h5-6H,4,7-8H2,1-3H3. The molecule has 7 nitrogen and oxygen atoms in total. The van der Waals surface area contributed by atoms with E-state index in [-0.39, 0.29) is 31.3 Å². The first-order chi connectivity index (χ1) is 13.4. The van der Waals surface area contributed by atoms with E-state index in [1.807, 2.05) is 6.26 Å². The summed E-state index contributed by atoms with van der Waals surface area (Å²) in [4.78, 5) is 34.9. The van der Waals surface area contributed by atoms with Crippen LogP contribution < -0.4 is 4.74 Å². The van der Waals surface area contributed by atoms with Gasteiger partial charge in [-0.3, -0.25) is 9.59 Å². The molecule has 0 spiro atoms. The zero-order chi connectivity index (χ0) is 20.4. The van der Waals surface area contributed by atoms with Crippen LogP contribution in [-0.4, -0.2) is 53.3 Å². The van der Waals surface area contributed by atoms with Crippen LogP contribution in [0.2, 0.25) is 10.0 Å². The molecule has 0 bridgehead atoms. The molecule has 0 aliphatic carbocycles. The summed E-state index contributed by atoms with van der Waals surface area (Å²) in [5.74, 6) is -0.389. The number of rotatable bonds is 6. The van der Waals surface area contributed by atoms with Crippen LogP contribution in [0.4, 0.5) is 0 Å². The number of fused-ring (bicyclic) bond motifs is 1. The number of thioether (sulfide) groups is 1. The number of esters is 1. The summed E-state index contributed by atoms with van der Waals surface area (Å²) in [6.45, 7) is 1.98. The minimum Gasteiger partial charge on any atom is -0.495 e. The summed E-state index contributed by atoms with van der Waals surface area (Å²) >= 11 is 13.8. The van der Waals surface area contributed by atoms with Crippen molar-refractivity contribution in [1.29, 1.82) is 0 Å². The van der Waals surface area contributed by atoms with E-state index in [9.17, 15) is 9.59 Å². The molecular formula is C18H17Cl2N3O4S. The Morgan fingerprint density at radius 2 is 1.96 bits per heavy atom. The van der Waals surface area contributed by atoms with Crippen molar-refractivity contribution in [2.24, 2.45) is 0 Å². The molecule has 2 aromatic rings. The number of hydrogen-bond acceptors (Lipinski definition) is 7. The lowest BCUT2D eigenvalue weighted by Crippen LogP contribution is -2.31. The summed E-state index contributed by atoms with van der Waals surface area (Å²) < 4.78 is 10.2. The van der Waals surface area contributed by atoms with Crippen molar-refractivity contribution in [2.45, 2.75) is 18.6 Å². The zero-order valence-corrected chi connectivity index (χ0v) is 17.7. The number of ether oxygens (including phenoxy) is 2. The van der Waals surface area contributed by atoms with E-state index in [2.05, 4.69) is 9.97 Å². The predicted octanol–water partition coefficient (Wildman–Crippen LogP) is 3.70. The van der Waals surface area contributed by atoms with E-state index in [0.717, 1.165) is 0 Å². The van der Waals surface area contributed by atoms with E-state index in [1.54, 1.807) is 19.1 Å². The van der Waals surface area contributed by atoms with Gasteiger partial charge in [0.2, 0.25) is 0 Å². The van der Waals surface area contributed by atoms with Crippen molar-refractivity contribution in [3.8, 4) is 17.0 Å². The number of halogens is 2. The molecule has 0 fully saturated rings. The number of hydrogen-bond donors (Lipinski definition) is 0. The third-order valence-corrected chi connectivity index (χ3v) is 5.29. The van der Waals surface area contributed by atoms with Gasteiger partial charge in [-0.15, -0.1) is 0 Å². The Morgan fingerprint density at radius 3 is 2.61 bits per heavy atom. The lowest BCUT2D eigenvalue weighted by atomic mass is 10.1. The minimum absolute atomic E-state index is 0.158. The first-order valence-electron chi connectivity index (χ1n) is 8.32. The van der Waals surface area contributed by atoms with Gasteiger partial charge in [-0.25, -0.2) is 9.97 Å². The van der Waals surface area contributed by atoms with Gasteiger partial charge in [0.05, 0.1) is 36.0 Å². The molecule has 10 heteroatoms. The van der Waals surface area contributed by atoms with Gasteiger partial charge in [-0.1, -0.05) is 35.0 Å². The number of carbonyl (C=O) groups excluding carboxylic acids is 2. The number of carbonyl (C=O) groups is 2. The third-order valence-electron chi connectivity index (χ3n) is 4.13. The van der Waals surface area contributed by atoms with Crippen LogP contribution >= 0.6 is 35.0 Å². The number of benzene rings is 1. The van der Waals surface area contributed by atoms with Gasteiger partial charge in [-0.05, 0) is 25.3 Å². The van der Waals surface area contributed by atoms with Crippen LogP contribution in [0.5, 0.6) is 5.75 Å². The fourth-order valence-corrected chi connectivity index (χ4v) is 3.79. The molecule has 3 rings (SSSR count). The highest BCUT2D eigenvalue weighted by molar-refractivity contribution is 7.98. The quantitative estimate of drug-likeness (QED) is 0.383. The second kappa shape index (κ2) is 8.55. The predicted molar refractivity (Wildman–Crippen MR) is 107 cm³/mol. The number of aromatic nitrogens is 2. The molecule has 1 aromatic heterocycles. The van der Waals surface area contributed by atoms with Gasteiger partial charge in [0.25, 0.3) is 5.91 Å². The highest BCUT2D eigenvalue weighted by Crippen LogP contribution is 2.40. The van der Waals surface area contributed by atoms with Crippen LogP contribution in [-0.2, 0) is 16.1 Å². The highest BCUT2D eigenvalue weighted by Gasteiger charge is 2.34. The van der Waals surface area contributed by atoms with Crippen LogP contribution in [0.1, 0.15) is 23.0 Å². The maximum atomic E-state index is 12.8. The van der Waals surface area contributed by atoms with Gasteiger partial charge in [0.1, 0.15) is 18.0 Å². The molecule has 2 heterocycles. The number of nitrogens with zero attached hydrogens (tertiary/aromatic N) is 3. The molecule has 1 amide bonds. The molecule has 0 saturated heterocycles. The summed E-state index contributed by atoms with van der Waals surface area (Å²) in [7, 11) is 1.50. The van der Waals surface area contributed by atoms with Gasteiger partial charge in [0, 0.05) is 11.1 Å². The van der Waals surface area contributed by atoms with E-state index < -0.39 is 5.97 Å². The minimum atomic E-state index is -0.477. The molecule has 148 valence electrons. The van der Waals surface area contributed by atoms with Gasteiger partial charge < -0.3 is 14.4 Å². The van der Waals surface area contributed by atoms with Gasteiger partial charge >= 0.3 is 5.97 Å². The molecule has 0 saturated carbocycles. The molecule has 0 radical (unpaired) electrons. The van der Waals surface area contributed by atoms with Crippen molar-refractivity contribution in [3.63, 3.8) is 0 Å². The van der Waals surface area contributed by atoms with Gasteiger partial charge in [-0.2, -0.15) is 0 Å².